The van der Waals surface area contributed by atoms with E-state index in [-0.39, 0.29) is 12.2 Å². The molecule has 0 fully saturated rings. The Morgan fingerprint density at radius 2 is 2.00 bits per heavy atom. The zero-order valence-corrected chi connectivity index (χ0v) is 13.0. The van der Waals surface area contributed by atoms with Crippen molar-refractivity contribution >= 4 is 19.9 Å². The van der Waals surface area contributed by atoms with Gasteiger partial charge in [0.1, 0.15) is 0 Å². The first-order chi connectivity index (χ1) is 4.66. The minimum atomic E-state index is -1.31. The van der Waals surface area contributed by atoms with E-state index < -0.39 is 23.3 Å². The third-order valence-electron chi connectivity index (χ3n) is 1.71. The van der Waals surface area contributed by atoms with Gasteiger partial charge in [0.05, 0.1) is 0 Å². The van der Waals surface area contributed by atoms with Crippen LogP contribution in [0.5, 0.6) is 0 Å². The maximum absolute atomic E-state index is 5.95. The Morgan fingerprint density at radius 1 is 1.40 bits per heavy atom. The van der Waals surface area contributed by atoms with Crippen molar-refractivity contribution in [1.29, 1.82) is 0 Å². The van der Waals surface area contributed by atoms with Crippen LogP contribution in [0, 0.1) is 0 Å². The van der Waals surface area contributed by atoms with E-state index >= 15 is 0 Å². The van der Waals surface area contributed by atoms with E-state index in [0.29, 0.717) is 0 Å². The Kier molecular flexibility index (Phi) is 3.49. The van der Waals surface area contributed by atoms with Crippen molar-refractivity contribution in [2.24, 2.45) is 0 Å². The molecule has 0 bridgehead atoms. The van der Waals surface area contributed by atoms with Crippen molar-refractivity contribution in [3.63, 3.8) is 0 Å². The molecule has 54 valence electrons. The zero-order chi connectivity index (χ0) is 7.72. The summed E-state index contributed by atoms with van der Waals surface area (Å²) in [6.45, 7) is 3.98. The van der Waals surface area contributed by atoms with Crippen LogP contribution in [-0.2, 0) is 28.1 Å². The van der Waals surface area contributed by atoms with Crippen LogP contribution >= 0.6 is 19.9 Å². The summed E-state index contributed by atoms with van der Waals surface area (Å²) in [5.41, 5.74) is 0. The minimum absolute atomic E-state index is 0.0883. The maximum atomic E-state index is 5.95. The van der Waals surface area contributed by atoms with Crippen LogP contribution in [0.1, 0.15) is 13.8 Å². The van der Waals surface area contributed by atoms with Crippen LogP contribution in [0.2, 0.25) is 0 Å². The summed E-state index contributed by atoms with van der Waals surface area (Å²) in [6, 6.07) is 0. The van der Waals surface area contributed by atoms with Crippen molar-refractivity contribution < 1.29 is 28.1 Å². The Balaban J connectivity index is 2.79. The molecular formula is C6H8Cl2HgO. The van der Waals surface area contributed by atoms with E-state index in [1.165, 1.54) is 3.08 Å². The second-order valence-corrected chi connectivity index (χ2v) is 9.18. The summed E-state index contributed by atoms with van der Waals surface area (Å²) < 4.78 is 6.69. The molecule has 0 aromatic heterocycles. The molecule has 1 rings (SSSR count). The molecular weight excluding hydrogens is 360 g/mol. The van der Waals surface area contributed by atoms with Crippen LogP contribution in [0.15, 0.2) is 8.11 Å². The normalized spacial score (nSPS) is 32.8. The predicted molar refractivity (Wildman–Crippen MR) is 38.7 cm³/mol. The first kappa shape index (κ1) is 9.30. The fourth-order valence-electron chi connectivity index (χ4n) is 1.08. The molecule has 0 N–H and O–H groups in total. The number of halogens is 2. The van der Waals surface area contributed by atoms with Gasteiger partial charge in [0.2, 0.25) is 0 Å². The summed E-state index contributed by atoms with van der Waals surface area (Å²) in [6.07, 6.45) is 0.284. The van der Waals surface area contributed by atoms with Gasteiger partial charge in [-0.05, 0) is 0 Å². The van der Waals surface area contributed by atoms with Gasteiger partial charge in [0.25, 0.3) is 0 Å². The molecule has 0 amide bonds. The first-order valence-corrected chi connectivity index (χ1v) is 13.2. The van der Waals surface area contributed by atoms with Gasteiger partial charge in [-0.2, -0.15) is 0 Å². The average molecular weight is 368 g/mol. The van der Waals surface area contributed by atoms with E-state index in [9.17, 15) is 0 Å². The number of rotatable bonds is 1. The van der Waals surface area contributed by atoms with Crippen molar-refractivity contribution in [1.82, 2.24) is 0 Å². The number of hydrogen-bond donors (Lipinski definition) is 0. The predicted octanol–water partition coefficient (Wildman–Crippen LogP) is 2.48. The van der Waals surface area contributed by atoms with Crippen molar-refractivity contribution in [2.75, 3.05) is 0 Å². The summed E-state index contributed by atoms with van der Waals surface area (Å²) >= 11 is 4.64. The van der Waals surface area contributed by atoms with Gasteiger partial charge in [0, 0.05) is 0 Å². The summed E-state index contributed by atoms with van der Waals surface area (Å²) in [4.78, 5) is 0. The standard InChI is InChI=1S/C6H8ClO.ClH.Hg/c1-4-3-6(7)5(2)8-4;;/h4-5H,1-2H3;1H;/q;;+1/p-1. The molecule has 0 saturated carbocycles. The Labute approximate surface area is 81.6 Å². The quantitative estimate of drug-likeness (QED) is 0.647. The molecule has 0 spiro atoms. The molecule has 0 aromatic carbocycles. The Morgan fingerprint density at radius 3 is 2.20 bits per heavy atom. The summed E-state index contributed by atoms with van der Waals surface area (Å²) in [5, 5.41) is 0.879. The van der Waals surface area contributed by atoms with E-state index in [0.717, 1.165) is 5.03 Å². The number of hydrogen-bond acceptors (Lipinski definition) is 1. The molecule has 2 atom stereocenters. The molecule has 10 heavy (non-hydrogen) atoms. The molecule has 4 heteroatoms. The zero-order valence-electron chi connectivity index (χ0n) is 6.03. The molecule has 1 heterocycles. The second-order valence-electron chi connectivity index (χ2n) is 2.43. The van der Waals surface area contributed by atoms with Crippen LogP contribution < -0.4 is 0 Å². The molecule has 2 unspecified atom stereocenters. The monoisotopic (exact) mass is 368 g/mol. The van der Waals surface area contributed by atoms with Gasteiger partial charge >= 0.3 is 82.1 Å². The van der Waals surface area contributed by atoms with Gasteiger partial charge in [0.15, 0.2) is 0 Å². The summed E-state index contributed by atoms with van der Waals surface area (Å²) in [5.74, 6) is 0. The Bertz CT molecular complexity index is 169. The fraction of sp³-hybridized carbons (Fsp3) is 0.667. The fourth-order valence-corrected chi connectivity index (χ4v) is 8.47. The summed E-state index contributed by atoms with van der Waals surface area (Å²) in [7, 11) is 5.86. The third kappa shape index (κ3) is 1.68. The van der Waals surface area contributed by atoms with Gasteiger partial charge in [-0.1, -0.05) is 0 Å². The first-order valence-electron chi connectivity index (χ1n) is 3.26. The molecule has 1 nitrogen and oxygen atoms in total. The van der Waals surface area contributed by atoms with Crippen molar-refractivity contribution in [3.8, 4) is 0 Å². The van der Waals surface area contributed by atoms with Crippen molar-refractivity contribution in [3.05, 3.63) is 8.11 Å². The van der Waals surface area contributed by atoms with Gasteiger partial charge in [-0.15, -0.1) is 0 Å². The van der Waals surface area contributed by atoms with Crippen LogP contribution in [0.3, 0.4) is 0 Å². The van der Waals surface area contributed by atoms with Crippen LogP contribution in [0.25, 0.3) is 0 Å². The third-order valence-corrected chi connectivity index (χ3v) is 10.5. The van der Waals surface area contributed by atoms with E-state index in [2.05, 4.69) is 0 Å². The SMILES string of the molecule is CC1OC(C)[C]([Hg][Cl])=C1Cl. The van der Waals surface area contributed by atoms with Gasteiger partial charge in [-0.3, -0.25) is 0 Å². The van der Waals surface area contributed by atoms with E-state index in [4.69, 9.17) is 24.6 Å². The second kappa shape index (κ2) is 3.75. The molecule has 0 aliphatic carbocycles. The Hall–Kier alpha value is 1.22. The van der Waals surface area contributed by atoms with Gasteiger partial charge < -0.3 is 0 Å². The number of ether oxygens (including phenoxy) is 1. The molecule has 0 aromatic rings. The molecule has 1 aliphatic heterocycles. The van der Waals surface area contributed by atoms with E-state index in [1.54, 1.807) is 0 Å². The van der Waals surface area contributed by atoms with E-state index in [1.807, 2.05) is 13.8 Å². The molecule has 0 radical (unpaired) electrons. The topological polar surface area (TPSA) is 9.23 Å². The van der Waals surface area contributed by atoms with Crippen LogP contribution in [0.4, 0.5) is 0 Å². The van der Waals surface area contributed by atoms with Crippen molar-refractivity contribution in [2.45, 2.75) is 26.1 Å². The van der Waals surface area contributed by atoms with Crippen LogP contribution in [-0.4, -0.2) is 12.2 Å². The average Bonchev–Trinajstić information content (AvgIpc) is 2.09. The molecule has 0 saturated heterocycles. The molecule has 1 aliphatic rings. The van der Waals surface area contributed by atoms with Gasteiger partial charge in [-0.25, -0.2) is 0 Å².